The summed E-state index contributed by atoms with van der Waals surface area (Å²) in [5, 5.41) is 3.54. The number of carbonyl (C=O) groups is 2. The third-order valence-corrected chi connectivity index (χ3v) is 9.40. The van der Waals surface area contributed by atoms with Gasteiger partial charge < -0.3 is 15.0 Å². The normalized spacial score (nSPS) is 14.6. The van der Waals surface area contributed by atoms with Crippen LogP contribution in [0.15, 0.2) is 83.8 Å². The van der Waals surface area contributed by atoms with Crippen molar-refractivity contribution in [3.8, 4) is 5.75 Å². The molecule has 0 aromatic heterocycles. The van der Waals surface area contributed by atoms with Gasteiger partial charge in [-0.05, 0) is 73.9 Å². The minimum Gasteiger partial charge on any atom is -0.497 e. The molecule has 1 aliphatic carbocycles. The minimum absolute atomic E-state index is 0.00116. The van der Waals surface area contributed by atoms with Crippen molar-refractivity contribution < 1.29 is 22.7 Å². The molecular weight excluding hydrogens is 562 g/mol. The molecule has 8 nitrogen and oxygen atoms in total. The summed E-state index contributed by atoms with van der Waals surface area (Å²) in [6, 6.07) is 20.8. The lowest BCUT2D eigenvalue weighted by Gasteiger charge is -2.33. The molecule has 4 rings (SSSR count). The molecule has 41 heavy (non-hydrogen) atoms. The Morgan fingerprint density at radius 2 is 1.59 bits per heavy atom. The van der Waals surface area contributed by atoms with Crippen LogP contribution in [-0.4, -0.2) is 50.9 Å². The van der Waals surface area contributed by atoms with Gasteiger partial charge in [0.25, 0.3) is 10.0 Å². The third-order valence-electron chi connectivity index (χ3n) is 7.36. The van der Waals surface area contributed by atoms with Crippen LogP contribution in [0, 0.1) is 0 Å². The van der Waals surface area contributed by atoms with Crippen LogP contribution in [0.25, 0.3) is 0 Å². The summed E-state index contributed by atoms with van der Waals surface area (Å²) in [5.41, 5.74) is 1.10. The van der Waals surface area contributed by atoms with E-state index in [0.29, 0.717) is 10.8 Å². The summed E-state index contributed by atoms with van der Waals surface area (Å²) < 4.78 is 34.0. The molecule has 2 amide bonds. The average molecular weight is 598 g/mol. The Balaban J connectivity index is 1.65. The predicted octanol–water partition coefficient (Wildman–Crippen LogP) is 5.41. The number of benzene rings is 3. The van der Waals surface area contributed by atoms with E-state index < -0.39 is 28.5 Å². The zero-order valence-corrected chi connectivity index (χ0v) is 24.9. The second-order valence-corrected chi connectivity index (χ2v) is 12.5. The SMILES string of the molecule is COc1ccc(S(=O)(=O)N(CC(=O)N(Cc2ccccc2)C(C)C(=O)NC2CCCCC2)c2ccc(Cl)cc2)cc1. The molecule has 218 valence electrons. The van der Waals surface area contributed by atoms with Crippen molar-refractivity contribution >= 4 is 39.1 Å². The number of amides is 2. The van der Waals surface area contributed by atoms with E-state index in [1.807, 2.05) is 30.3 Å². The maximum atomic E-state index is 14.0. The van der Waals surface area contributed by atoms with Crippen molar-refractivity contribution in [3.63, 3.8) is 0 Å². The molecule has 3 aromatic rings. The highest BCUT2D eigenvalue weighted by Crippen LogP contribution is 2.27. The van der Waals surface area contributed by atoms with Crippen molar-refractivity contribution in [2.45, 2.75) is 62.6 Å². The van der Waals surface area contributed by atoms with Gasteiger partial charge in [-0.15, -0.1) is 0 Å². The monoisotopic (exact) mass is 597 g/mol. The number of hydrogen-bond donors (Lipinski definition) is 1. The van der Waals surface area contributed by atoms with Gasteiger partial charge in [0.15, 0.2) is 0 Å². The van der Waals surface area contributed by atoms with E-state index in [0.717, 1.165) is 42.0 Å². The van der Waals surface area contributed by atoms with Gasteiger partial charge in [-0.1, -0.05) is 61.2 Å². The summed E-state index contributed by atoms with van der Waals surface area (Å²) in [6.45, 7) is 1.32. The first-order chi connectivity index (χ1) is 19.7. The zero-order chi connectivity index (χ0) is 29.4. The first-order valence-electron chi connectivity index (χ1n) is 13.7. The van der Waals surface area contributed by atoms with Gasteiger partial charge in [0.05, 0.1) is 17.7 Å². The number of anilines is 1. The molecule has 0 radical (unpaired) electrons. The summed E-state index contributed by atoms with van der Waals surface area (Å²) in [7, 11) is -2.68. The van der Waals surface area contributed by atoms with Crippen LogP contribution in [0.1, 0.15) is 44.6 Å². The van der Waals surface area contributed by atoms with Crippen LogP contribution < -0.4 is 14.4 Å². The highest BCUT2D eigenvalue weighted by molar-refractivity contribution is 7.92. The number of rotatable bonds is 11. The van der Waals surface area contributed by atoms with E-state index in [9.17, 15) is 18.0 Å². The van der Waals surface area contributed by atoms with Gasteiger partial charge in [-0.2, -0.15) is 0 Å². The van der Waals surface area contributed by atoms with Gasteiger partial charge in [-0.25, -0.2) is 8.42 Å². The number of sulfonamides is 1. The van der Waals surface area contributed by atoms with Crippen molar-refractivity contribution in [2.75, 3.05) is 18.0 Å². The maximum Gasteiger partial charge on any atom is 0.264 e. The number of hydrogen-bond acceptors (Lipinski definition) is 5. The molecule has 0 heterocycles. The van der Waals surface area contributed by atoms with Crippen LogP contribution in [0.2, 0.25) is 5.02 Å². The van der Waals surface area contributed by atoms with Crippen LogP contribution in [0.5, 0.6) is 5.75 Å². The molecule has 1 aliphatic rings. The molecule has 1 atom stereocenters. The minimum atomic E-state index is -4.18. The van der Waals surface area contributed by atoms with Crippen LogP contribution in [0.3, 0.4) is 0 Å². The van der Waals surface area contributed by atoms with Gasteiger partial charge in [-0.3, -0.25) is 13.9 Å². The molecule has 1 N–H and O–H groups in total. The smallest absolute Gasteiger partial charge is 0.264 e. The Hall–Kier alpha value is -3.56. The molecule has 0 spiro atoms. The first-order valence-corrected chi connectivity index (χ1v) is 15.6. The maximum absolute atomic E-state index is 14.0. The number of carbonyl (C=O) groups excluding carboxylic acids is 2. The van der Waals surface area contributed by atoms with Crippen LogP contribution in [0.4, 0.5) is 5.69 Å². The van der Waals surface area contributed by atoms with Crippen LogP contribution >= 0.6 is 11.6 Å². The number of nitrogens with zero attached hydrogens (tertiary/aromatic N) is 2. The van der Waals surface area contributed by atoms with E-state index >= 15 is 0 Å². The lowest BCUT2D eigenvalue weighted by atomic mass is 9.95. The van der Waals surface area contributed by atoms with Gasteiger partial charge >= 0.3 is 0 Å². The molecule has 0 saturated heterocycles. The molecule has 1 unspecified atom stereocenters. The summed E-state index contributed by atoms with van der Waals surface area (Å²) in [4.78, 5) is 28.8. The fraction of sp³-hybridized carbons (Fsp3) is 0.355. The second-order valence-electron chi connectivity index (χ2n) is 10.2. The molecule has 1 saturated carbocycles. The number of ether oxygens (including phenoxy) is 1. The van der Waals surface area contributed by atoms with Gasteiger partial charge in [0.2, 0.25) is 11.8 Å². The summed E-state index contributed by atoms with van der Waals surface area (Å²) in [6.07, 6.45) is 5.10. The quantitative estimate of drug-likeness (QED) is 0.319. The van der Waals surface area contributed by atoms with E-state index in [1.165, 1.54) is 24.1 Å². The van der Waals surface area contributed by atoms with Crippen molar-refractivity contribution in [1.29, 1.82) is 0 Å². The highest BCUT2D eigenvalue weighted by atomic mass is 35.5. The average Bonchev–Trinajstić information content (AvgIpc) is 2.99. The highest BCUT2D eigenvalue weighted by Gasteiger charge is 2.33. The second kappa shape index (κ2) is 13.9. The molecule has 0 bridgehead atoms. The van der Waals surface area contributed by atoms with Crippen molar-refractivity contribution in [2.24, 2.45) is 0 Å². The lowest BCUT2D eigenvalue weighted by molar-refractivity contribution is -0.139. The molecule has 3 aromatic carbocycles. The fourth-order valence-corrected chi connectivity index (χ4v) is 6.48. The van der Waals surface area contributed by atoms with Crippen molar-refractivity contribution in [1.82, 2.24) is 10.2 Å². The number of nitrogens with one attached hydrogen (secondary N) is 1. The first kappa shape index (κ1) is 30.4. The third kappa shape index (κ3) is 7.80. The van der Waals surface area contributed by atoms with E-state index in [2.05, 4.69) is 5.32 Å². The summed E-state index contributed by atoms with van der Waals surface area (Å²) in [5.74, 6) is -0.255. The van der Waals surface area contributed by atoms with E-state index in [-0.39, 0.29) is 29.1 Å². The zero-order valence-electron chi connectivity index (χ0n) is 23.3. The predicted molar refractivity (Wildman–Crippen MR) is 160 cm³/mol. The topological polar surface area (TPSA) is 96.0 Å². The molecule has 10 heteroatoms. The van der Waals surface area contributed by atoms with Gasteiger partial charge in [0.1, 0.15) is 18.3 Å². The van der Waals surface area contributed by atoms with Crippen LogP contribution in [-0.2, 0) is 26.2 Å². The summed E-state index contributed by atoms with van der Waals surface area (Å²) >= 11 is 6.08. The Morgan fingerprint density at radius 1 is 0.951 bits per heavy atom. The Bertz CT molecular complexity index is 1410. The molecular formula is C31H36ClN3O5S. The van der Waals surface area contributed by atoms with Crippen molar-refractivity contribution in [3.05, 3.63) is 89.4 Å². The largest absolute Gasteiger partial charge is 0.497 e. The fourth-order valence-electron chi connectivity index (χ4n) is 4.94. The number of halogens is 1. The lowest BCUT2D eigenvalue weighted by Crippen LogP contribution is -2.53. The van der Waals surface area contributed by atoms with Gasteiger partial charge in [0, 0.05) is 17.6 Å². The molecule has 1 fully saturated rings. The Kier molecular flexibility index (Phi) is 10.3. The number of methoxy groups -OCH3 is 1. The molecule has 0 aliphatic heterocycles. The van der Waals surface area contributed by atoms with E-state index in [1.54, 1.807) is 43.3 Å². The standard InChI is InChI=1S/C31H36ClN3O5S/c1-23(31(37)33-26-11-7-4-8-12-26)34(21-24-9-5-3-6-10-24)30(36)22-35(27-15-13-25(32)14-16-27)41(38,39)29-19-17-28(40-2)18-20-29/h3,5-6,9-10,13-20,23,26H,4,7-8,11-12,21-22H2,1-2H3,(H,33,37). The Labute approximate surface area is 247 Å². The van der Waals surface area contributed by atoms with E-state index in [4.69, 9.17) is 16.3 Å². The Morgan fingerprint density at radius 3 is 2.20 bits per heavy atom.